The van der Waals surface area contributed by atoms with Crippen molar-refractivity contribution < 1.29 is 0 Å². The highest BCUT2D eigenvalue weighted by molar-refractivity contribution is 7.20. The highest BCUT2D eigenvalue weighted by Gasteiger charge is 2.15. The minimum absolute atomic E-state index is 0.336. The van der Waals surface area contributed by atoms with Crippen LogP contribution in [0.15, 0.2) is 23.6 Å². The van der Waals surface area contributed by atoms with Gasteiger partial charge in [-0.2, -0.15) is 5.26 Å². The fourth-order valence-corrected chi connectivity index (χ4v) is 3.91. The van der Waals surface area contributed by atoms with Crippen molar-refractivity contribution in [1.82, 2.24) is 0 Å². The molecule has 2 heterocycles. The quantitative estimate of drug-likeness (QED) is 0.647. The van der Waals surface area contributed by atoms with Crippen LogP contribution in [-0.2, 0) is 0 Å². The van der Waals surface area contributed by atoms with Crippen LogP contribution in [0, 0.1) is 11.3 Å². The van der Waals surface area contributed by atoms with Crippen molar-refractivity contribution in [3.63, 3.8) is 0 Å². The summed E-state index contributed by atoms with van der Waals surface area (Å²) in [5.74, 6) is 0. The third-order valence-electron chi connectivity index (χ3n) is 1.99. The lowest BCUT2D eigenvalue weighted by molar-refractivity contribution is 1.54. The van der Waals surface area contributed by atoms with Gasteiger partial charge in [-0.25, -0.2) is 0 Å². The Balaban J connectivity index is 2.58. The predicted molar refractivity (Wildman–Crippen MR) is 76.9 cm³/mol. The first-order chi connectivity index (χ1) is 8.13. The van der Waals surface area contributed by atoms with E-state index >= 15 is 0 Å². The average Bonchev–Trinajstić information content (AvgIpc) is 2.89. The smallest absolute Gasteiger partial charge is 0.103 e. The fraction of sp³-hybridized carbons (Fsp3) is 0. The number of allylic oxidation sites excluding steroid dienone is 1. The Labute approximate surface area is 121 Å². The molecule has 2 aromatic rings. The Morgan fingerprint density at radius 1 is 1.35 bits per heavy atom. The molecule has 0 saturated carbocycles. The lowest BCUT2D eigenvalue weighted by Crippen LogP contribution is -1.81. The third kappa shape index (κ3) is 2.67. The van der Waals surface area contributed by atoms with Gasteiger partial charge in [-0.3, -0.25) is 0 Å². The van der Waals surface area contributed by atoms with Crippen molar-refractivity contribution in [2.75, 3.05) is 0 Å². The normalized spacial score (nSPS) is 12.1. The van der Waals surface area contributed by atoms with Gasteiger partial charge in [0.05, 0.1) is 14.9 Å². The SMILES string of the molecule is N#C/C(=C(/Cl)c1cc(Cl)sc1Cl)c1cccs1. The van der Waals surface area contributed by atoms with Crippen LogP contribution >= 0.6 is 57.5 Å². The average molecular weight is 321 g/mol. The van der Waals surface area contributed by atoms with Crippen molar-refractivity contribution in [2.24, 2.45) is 0 Å². The van der Waals surface area contributed by atoms with Crippen LogP contribution < -0.4 is 0 Å². The number of hydrogen-bond donors (Lipinski definition) is 0. The Kier molecular flexibility index (Phi) is 4.13. The number of halogens is 3. The molecule has 17 heavy (non-hydrogen) atoms. The standard InChI is InChI=1S/C11H4Cl3NS2/c12-9-4-6(11(14)17-9)10(13)7(5-15)8-2-1-3-16-8/h1-4H/b10-7-. The lowest BCUT2D eigenvalue weighted by atomic mass is 10.1. The number of rotatable bonds is 2. The van der Waals surface area contributed by atoms with E-state index in [1.54, 1.807) is 6.07 Å². The van der Waals surface area contributed by atoms with E-state index in [0.717, 1.165) is 4.88 Å². The molecular formula is C11H4Cl3NS2. The minimum atomic E-state index is 0.336. The zero-order valence-corrected chi connectivity index (χ0v) is 12.1. The first-order valence-corrected chi connectivity index (χ1v) is 7.25. The van der Waals surface area contributed by atoms with Crippen LogP contribution in [0.1, 0.15) is 10.4 Å². The molecular weight excluding hydrogens is 317 g/mol. The maximum Gasteiger partial charge on any atom is 0.103 e. The van der Waals surface area contributed by atoms with Crippen LogP contribution in [0.5, 0.6) is 0 Å². The van der Waals surface area contributed by atoms with Crippen molar-refractivity contribution in [2.45, 2.75) is 0 Å². The minimum Gasteiger partial charge on any atom is -0.192 e. The van der Waals surface area contributed by atoms with E-state index in [2.05, 4.69) is 6.07 Å². The summed E-state index contributed by atoms with van der Waals surface area (Å²) in [4.78, 5) is 0.816. The molecule has 1 nitrogen and oxygen atoms in total. The fourth-order valence-electron chi connectivity index (χ4n) is 1.26. The van der Waals surface area contributed by atoms with E-state index in [-0.39, 0.29) is 0 Å². The summed E-state index contributed by atoms with van der Waals surface area (Å²) in [6.07, 6.45) is 0. The molecule has 2 rings (SSSR count). The molecule has 0 atom stereocenters. The summed E-state index contributed by atoms with van der Waals surface area (Å²) in [7, 11) is 0. The number of nitriles is 1. The van der Waals surface area contributed by atoms with E-state index in [9.17, 15) is 0 Å². The van der Waals surface area contributed by atoms with Gasteiger partial charge in [0.1, 0.15) is 10.4 Å². The van der Waals surface area contributed by atoms with Gasteiger partial charge < -0.3 is 0 Å². The monoisotopic (exact) mass is 319 g/mol. The molecule has 2 aromatic heterocycles. The zero-order valence-electron chi connectivity index (χ0n) is 8.21. The molecule has 0 N–H and O–H groups in total. The van der Waals surface area contributed by atoms with Gasteiger partial charge in [0, 0.05) is 10.4 Å². The van der Waals surface area contributed by atoms with Gasteiger partial charge in [-0.15, -0.1) is 22.7 Å². The van der Waals surface area contributed by atoms with E-state index in [1.165, 1.54) is 22.7 Å². The molecule has 0 radical (unpaired) electrons. The molecule has 0 unspecified atom stereocenters. The second-order valence-electron chi connectivity index (χ2n) is 3.02. The zero-order chi connectivity index (χ0) is 12.4. The first-order valence-electron chi connectivity index (χ1n) is 4.42. The van der Waals surface area contributed by atoms with Crippen LogP contribution in [0.3, 0.4) is 0 Å². The van der Waals surface area contributed by atoms with Crippen LogP contribution in [0.2, 0.25) is 8.67 Å². The van der Waals surface area contributed by atoms with Gasteiger partial charge in [0.2, 0.25) is 0 Å². The Morgan fingerprint density at radius 2 is 2.12 bits per heavy atom. The van der Waals surface area contributed by atoms with Gasteiger partial charge in [-0.05, 0) is 17.5 Å². The maximum atomic E-state index is 9.17. The number of hydrogen-bond acceptors (Lipinski definition) is 3. The largest absolute Gasteiger partial charge is 0.192 e. The summed E-state index contributed by atoms with van der Waals surface area (Å²) >= 11 is 20.8. The van der Waals surface area contributed by atoms with Crippen molar-refractivity contribution in [3.05, 3.63) is 42.7 Å². The topological polar surface area (TPSA) is 23.8 Å². The first kappa shape index (κ1) is 12.9. The third-order valence-corrected chi connectivity index (χ3v) is 4.76. The molecule has 0 amide bonds. The molecule has 0 aliphatic carbocycles. The highest BCUT2D eigenvalue weighted by Crippen LogP contribution is 2.40. The van der Waals surface area contributed by atoms with Gasteiger partial charge in [0.15, 0.2) is 0 Å². The van der Waals surface area contributed by atoms with Crippen molar-refractivity contribution >= 4 is 68.1 Å². The Hall–Kier alpha value is -0.500. The van der Waals surface area contributed by atoms with Crippen LogP contribution in [0.25, 0.3) is 10.6 Å². The number of nitrogens with zero attached hydrogens (tertiary/aromatic N) is 1. The number of thiophene rings is 2. The van der Waals surface area contributed by atoms with Crippen molar-refractivity contribution in [1.29, 1.82) is 5.26 Å². The molecule has 0 aromatic carbocycles. The van der Waals surface area contributed by atoms with E-state index in [4.69, 9.17) is 40.1 Å². The van der Waals surface area contributed by atoms with Gasteiger partial charge in [-0.1, -0.05) is 40.9 Å². The Bertz CT molecular complexity index is 605. The van der Waals surface area contributed by atoms with E-state index in [1.807, 2.05) is 17.5 Å². The second kappa shape index (κ2) is 5.43. The van der Waals surface area contributed by atoms with E-state index < -0.39 is 0 Å². The summed E-state index contributed by atoms with van der Waals surface area (Å²) in [5.41, 5.74) is 1.02. The molecule has 86 valence electrons. The van der Waals surface area contributed by atoms with Gasteiger partial charge >= 0.3 is 0 Å². The maximum absolute atomic E-state index is 9.17. The second-order valence-corrected chi connectivity index (χ2v) is 6.63. The van der Waals surface area contributed by atoms with Gasteiger partial charge in [0.25, 0.3) is 0 Å². The summed E-state index contributed by atoms with van der Waals surface area (Å²) in [6, 6.07) is 7.47. The molecule has 0 aliphatic heterocycles. The van der Waals surface area contributed by atoms with E-state index in [0.29, 0.717) is 24.8 Å². The molecule has 0 aliphatic rings. The predicted octanol–water partition coefficient (Wildman–Crippen LogP) is 5.75. The molecule has 0 fully saturated rings. The van der Waals surface area contributed by atoms with Crippen LogP contribution in [-0.4, -0.2) is 0 Å². The highest BCUT2D eigenvalue weighted by atomic mass is 35.5. The Morgan fingerprint density at radius 3 is 2.59 bits per heavy atom. The molecule has 0 bridgehead atoms. The van der Waals surface area contributed by atoms with Crippen molar-refractivity contribution in [3.8, 4) is 6.07 Å². The molecule has 6 heteroatoms. The van der Waals surface area contributed by atoms with Crippen LogP contribution in [0.4, 0.5) is 0 Å². The summed E-state index contributed by atoms with van der Waals surface area (Å²) in [6.45, 7) is 0. The molecule has 0 saturated heterocycles. The lowest BCUT2D eigenvalue weighted by Gasteiger charge is -2.00. The molecule has 0 spiro atoms. The summed E-state index contributed by atoms with van der Waals surface area (Å²) < 4.78 is 1.04. The summed E-state index contributed by atoms with van der Waals surface area (Å²) in [5, 5.41) is 11.4.